The smallest absolute Gasteiger partial charge is 0.257 e. The van der Waals surface area contributed by atoms with E-state index in [1.165, 1.54) is 0 Å². The zero-order chi connectivity index (χ0) is 17.4. The van der Waals surface area contributed by atoms with Gasteiger partial charge in [-0.05, 0) is 50.0 Å². The van der Waals surface area contributed by atoms with Gasteiger partial charge in [0, 0.05) is 25.2 Å². The maximum atomic E-state index is 11.9. The Morgan fingerprint density at radius 3 is 2.75 bits per heavy atom. The molecule has 1 fully saturated rings. The number of carbonyl (C=O) groups is 1. The van der Waals surface area contributed by atoms with E-state index in [1.807, 2.05) is 0 Å². The molecule has 1 N–H and O–H groups in total. The van der Waals surface area contributed by atoms with Gasteiger partial charge < -0.3 is 19.7 Å². The Hall–Kier alpha value is -1.01. The van der Waals surface area contributed by atoms with Crippen molar-refractivity contribution in [1.82, 2.24) is 10.2 Å². The molecule has 1 aromatic rings. The van der Waals surface area contributed by atoms with E-state index in [1.54, 1.807) is 25.3 Å². The van der Waals surface area contributed by atoms with Crippen molar-refractivity contribution in [1.29, 1.82) is 0 Å². The minimum Gasteiger partial charge on any atom is -0.482 e. The normalized spacial score (nSPS) is 16.1. The van der Waals surface area contributed by atoms with Gasteiger partial charge in [-0.15, -0.1) is 0 Å². The molecule has 1 heterocycles. The fourth-order valence-electron chi connectivity index (χ4n) is 2.68. The molecule has 134 valence electrons. The van der Waals surface area contributed by atoms with E-state index in [0.29, 0.717) is 28.3 Å². The van der Waals surface area contributed by atoms with Crippen molar-refractivity contribution < 1.29 is 14.3 Å². The third kappa shape index (κ3) is 6.48. The number of piperidine rings is 1. The molecule has 5 nitrogen and oxygen atoms in total. The standard InChI is InChI=1S/C17H24Cl2N2O3/c1-23-9-8-21-6-4-13(5-7-21)11-20-17(22)12-24-16-3-2-14(18)10-15(16)19/h2-3,10,13H,4-9,11-12H2,1H3,(H,20,22). The lowest BCUT2D eigenvalue weighted by Crippen LogP contribution is -2.40. The van der Waals surface area contributed by atoms with E-state index >= 15 is 0 Å². The predicted molar refractivity (Wildman–Crippen MR) is 96.0 cm³/mol. The van der Waals surface area contributed by atoms with E-state index < -0.39 is 0 Å². The summed E-state index contributed by atoms with van der Waals surface area (Å²) in [7, 11) is 1.72. The number of methoxy groups -OCH3 is 1. The average molecular weight is 375 g/mol. The number of hydrogen-bond acceptors (Lipinski definition) is 4. The van der Waals surface area contributed by atoms with Gasteiger partial charge >= 0.3 is 0 Å². The molecule has 0 radical (unpaired) electrons. The third-order valence-corrected chi connectivity index (χ3v) is 4.69. The number of carbonyl (C=O) groups excluding carboxylic acids is 1. The van der Waals surface area contributed by atoms with Crippen molar-refractivity contribution in [2.45, 2.75) is 12.8 Å². The van der Waals surface area contributed by atoms with Crippen molar-refractivity contribution >= 4 is 29.1 Å². The number of halogens is 2. The first-order chi connectivity index (χ1) is 11.6. The first-order valence-corrected chi connectivity index (χ1v) is 8.90. The molecule has 2 rings (SSSR count). The maximum Gasteiger partial charge on any atom is 0.257 e. The first-order valence-electron chi connectivity index (χ1n) is 8.14. The number of amides is 1. The summed E-state index contributed by atoms with van der Waals surface area (Å²) in [5.74, 6) is 0.845. The number of nitrogens with one attached hydrogen (secondary N) is 1. The molecule has 1 aliphatic rings. The van der Waals surface area contributed by atoms with E-state index in [9.17, 15) is 4.79 Å². The molecular weight excluding hydrogens is 351 g/mol. The van der Waals surface area contributed by atoms with Crippen LogP contribution in [-0.4, -0.2) is 57.3 Å². The van der Waals surface area contributed by atoms with Gasteiger partial charge in [0.2, 0.25) is 0 Å². The average Bonchev–Trinajstić information content (AvgIpc) is 2.58. The van der Waals surface area contributed by atoms with Gasteiger partial charge in [0.1, 0.15) is 5.75 Å². The second-order valence-electron chi connectivity index (χ2n) is 5.95. The van der Waals surface area contributed by atoms with Crippen LogP contribution in [0.1, 0.15) is 12.8 Å². The molecular formula is C17H24Cl2N2O3. The zero-order valence-electron chi connectivity index (χ0n) is 13.9. The first kappa shape index (κ1) is 19.3. The lowest BCUT2D eigenvalue weighted by molar-refractivity contribution is -0.123. The molecule has 24 heavy (non-hydrogen) atoms. The number of nitrogens with zero attached hydrogens (tertiary/aromatic N) is 1. The van der Waals surface area contributed by atoms with Crippen LogP contribution in [0.3, 0.4) is 0 Å². The highest BCUT2D eigenvalue weighted by Crippen LogP contribution is 2.27. The van der Waals surface area contributed by atoms with E-state index in [4.69, 9.17) is 32.7 Å². The Labute approximate surface area is 153 Å². The van der Waals surface area contributed by atoms with Crippen LogP contribution in [0.25, 0.3) is 0 Å². The van der Waals surface area contributed by atoms with Crippen LogP contribution in [0.4, 0.5) is 0 Å². The molecule has 0 bridgehead atoms. The monoisotopic (exact) mass is 374 g/mol. The van der Waals surface area contributed by atoms with Crippen LogP contribution in [0.2, 0.25) is 10.0 Å². The number of rotatable bonds is 8. The molecule has 1 aliphatic heterocycles. The van der Waals surface area contributed by atoms with Gasteiger partial charge in [-0.3, -0.25) is 4.79 Å². The van der Waals surface area contributed by atoms with Crippen LogP contribution in [-0.2, 0) is 9.53 Å². The molecule has 1 aromatic carbocycles. The fourth-order valence-corrected chi connectivity index (χ4v) is 3.14. The molecule has 1 saturated heterocycles. The Morgan fingerprint density at radius 2 is 2.08 bits per heavy atom. The number of ether oxygens (including phenoxy) is 2. The largest absolute Gasteiger partial charge is 0.482 e. The highest BCUT2D eigenvalue weighted by molar-refractivity contribution is 6.35. The topological polar surface area (TPSA) is 50.8 Å². The van der Waals surface area contributed by atoms with Crippen molar-refractivity contribution in [3.05, 3.63) is 28.2 Å². The molecule has 0 saturated carbocycles. The minimum absolute atomic E-state index is 0.0476. The van der Waals surface area contributed by atoms with Crippen LogP contribution >= 0.6 is 23.2 Å². The summed E-state index contributed by atoms with van der Waals surface area (Å²) in [5.41, 5.74) is 0. The second kappa shape index (κ2) is 10.1. The number of hydrogen-bond donors (Lipinski definition) is 1. The van der Waals surface area contributed by atoms with Crippen LogP contribution in [0.15, 0.2) is 18.2 Å². The molecule has 7 heteroatoms. The van der Waals surface area contributed by atoms with Crippen LogP contribution < -0.4 is 10.1 Å². The van der Waals surface area contributed by atoms with Crippen molar-refractivity contribution in [2.75, 3.05) is 46.5 Å². The summed E-state index contributed by atoms with van der Waals surface area (Å²) in [4.78, 5) is 14.3. The predicted octanol–water partition coefficient (Wildman–Crippen LogP) is 2.85. The lowest BCUT2D eigenvalue weighted by Gasteiger charge is -2.31. The zero-order valence-corrected chi connectivity index (χ0v) is 15.4. The summed E-state index contributed by atoms with van der Waals surface area (Å²) in [6, 6.07) is 4.93. The highest BCUT2D eigenvalue weighted by Gasteiger charge is 2.19. The molecule has 0 spiro atoms. The van der Waals surface area contributed by atoms with Gasteiger partial charge in [-0.1, -0.05) is 23.2 Å². The molecule has 0 aliphatic carbocycles. The third-order valence-electron chi connectivity index (χ3n) is 4.16. The summed E-state index contributed by atoms with van der Waals surface area (Å²) < 4.78 is 10.5. The Bertz CT molecular complexity index is 535. The van der Waals surface area contributed by atoms with Gasteiger partial charge in [0.15, 0.2) is 6.61 Å². The van der Waals surface area contributed by atoms with E-state index in [-0.39, 0.29) is 12.5 Å². The molecule has 0 atom stereocenters. The highest BCUT2D eigenvalue weighted by atomic mass is 35.5. The fraction of sp³-hybridized carbons (Fsp3) is 0.588. The summed E-state index contributed by atoms with van der Waals surface area (Å²) in [5, 5.41) is 3.87. The summed E-state index contributed by atoms with van der Waals surface area (Å²) >= 11 is 11.8. The van der Waals surface area contributed by atoms with Crippen molar-refractivity contribution in [3.63, 3.8) is 0 Å². The molecule has 0 aromatic heterocycles. The van der Waals surface area contributed by atoms with E-state index in [2.05, 4.69) is 10.2 Å². The molecule has 1 amide bonds. The quantitative estimate of drug-likeness (QED) is 0.759. The van der Waals surface area contributed by atoms with E-state index in [0.717, 1.165) is 39.1 Å². The second-order valence-corrected chi connectivity index (χ2v) is 6.79. The van der Waals surface area contributed by atoms with Crippen LogP contribution in [0.5, 0.6) is 5.75 Å². The van der Waals surface area contributed by atoms with Crippen molar-refractivity contribution in [3.8, 4) is 5.75 Å². The molecule has 0 unspecified atom stereocenters. The number of likely N-dealkylation sites (tertiary alicyclic amines) is 1. The Kier molecular flexibility index (Phi) is 8.12. The van der Waals surface area contributed by atoms with Gasteiger partial charge in [-0.25, -0.2) is 0 Å². The van der Waals surface area contributed by atoms with Crippen LogP contribution in [0, 0.1) is 5.92 Å². The summed E-state index contributed by atoms with van der Waals surface area (Å²) in [6.45, 7) is 4.50. The Morgan fingerprint density at radius 1 is 1.33 bits per heavy atom. The summed E-state index contributed by atoms with van der Waals surface area (Å²) in [6.07, 6.45) is 2.18. The number of benzene rings is 1. The van der Waals surface area contributed by atoms with Gasteiger partial charge in [-0.2, -0.15) is 0 Å². The maximum absolute atomic E-state index is 11.9. The minimum atomic E-state index is -0.136. The van der Waals surface area contributed by atoms with Crippen molar-refractivity contribution in [2.24, 2.45) is 5.92 Å². The van der Waals surface area contributed by atoms with Gasteiger partial charge in [0.25, 0.3) is 5.91 Å². The van der Waals surface area contributed by atoms with Gasteiger partial charge in [0.05, 0.1) is 11.6 Å². The Balaban J connectivity index is 1.63. The lowest BCUT2D eigenvalue weighted by atomic mass is 9.97. The SMILES string of the molecule is COCCN1CCC(CNC(=O)COc2ccc(Cl)cc2Cl)CC1.